The summed E-state index contributed by atoms with van der Waals surface area (Å²) in [5, 5.41) is 9.31. The van der Waals surface area contributed by atoms with Gasteiger partial charge >= 0.3 is 12.1 Å². The number of likely N-dealkylation sites (tertiary alicyclic amines) is 1. The van der Waals surface area contributed by atoms with Gasteiger partial charge in [-0.3, -0.25) is 9.78 Å². The van der Waals surface area contributed by atoms with E-state index in [-0.39, 0.29) is 19.1 Å². The molecule has 1 fully saturated rings. The number of hydrogen-bond acceptors (Lipinski definition) is 4. The van der Waals surface area contributed by atoms with Crippen LogP contribution in [0.1, 0.15) is 11.5 Å². The van der Waals surface area contributed by atoms with Crippen LogP contribution in [-0.4, -0.2) is 46.7 Å². The summed E-state index contributed by atoms with van der Waals surface area (Å²) in [6.07, 6.45) is 4.20. The van der Waals surface area contributed by atoms with Crippen LogP contribution in [0.25, 0.3) is 0 Å². The van der Waals surface area contributed by atoms with E-state index < -0.39 is 18.0 Å². The van der Waals surface area contributed by atoms with Crippen LogP contribution in [-0.2, 0) is 9.53 Å². The van der Waals surface area contributed by atoms with Crippen LogP contribution in [0, 0.1) is 5.92 Å². The highest BCUT2D eigenvalue weighted by Crippen LogP contribution is 2.32. The minimum atomic E-state index is -0.911. The fourth-order valence-electron chi connectivity index (χ4n) is 2.37. The first-order chi connectivity index (χ1) is 9.63. The van der Waals surface area contributed by atoms with E-state index in [1.165, 1.54) is 11.0 Å². The molecule has 2 atom stereocenters. The molecule has 2 rings (SSSR count). The molecule has 0 aliphatic carbocycles. The summed E-state index contributed by atoms with van der Waals surface area (Å²) in [5.74, 6) is -1.79. The number of carboxylic acids is 1. The van der Waals surface area contributed by atoms with E-state index in [2.05, 4.69) is 11.6 Å². The summed E-state index contributed by atoms with van der Waals surface area (Å²) in [7, 11) is 0. The molecule has 1 aromatic heterocycles. The van der Waals surface area contributed by atoms with Crippen molar-refractivity contribution in [2.75, 3.05) is 19.7 Å². The van der Waals surface area contributed by atoms with Gasteiger partial charge < -0.3 is 14.7 Å². The third kappa shape index (κ3) is 2.96. The highest BCUT2D eigenvalue weighted by Gasteiger charge is 2.40. The van der Waals surface area contributed by atoms with Crippen LogP contribution in [0.4, 0.5) is 4.79 Å². The van der Waals surface area contributed by atoms with Gasteiger partial charge in [-0.15, -0.1) is 0 Å². The Labute approximate surface area is 116 Å². The van der Waals surface area contributed by atoms with Gasteiger partial charge in [0.2, 0.25) is 0 Å². The van der Waals surface area contributed by atoms with Crippen LogP contribution in [0.2, 0.25) is 0 Å². The van der Waals surface area contributed by atoms with Crippen molar-refractivity contribution in [3.8, 4) is 0 Å². The SMILES string of the molecule is C=CCOC(=O)N1C[C@@H](C(=O)O)[C@H](c2ccncc2)C1. The molecule has 20 heavy (non-hydrogen) atoms. The van der Waals surface area contributed by atoms with E-state index in [9.17, 15) is 14.7 Å². The van der Waals surface area contributed by atoms with Crippen LogP contribution in [0.5, 0.6) is 0 Å². The van der Waals surface area contributed by atoms with E-state index in [1.807, 2.05) is 0 Å². The molecule has 1 amide bonds. The van der Waals surface area contributed by atoms with Crippen molar-refractivity contribution in [2.45, 2.75) is 5.92 Å². The molecule has 1 aliphatic rings. The first kappa shape index (κ1) is 14.0. The molecule has 0 unspecified atom stereocenters. The Morgan fingerprint density at radius 3 is 2.75 bits per heavy atom. The molecule has 2 heterocycles. The molecular weight excluding hydrogens is 260 g/mol. The monoisotopic (exact) mass is 276 g/mol. The number of aromatic nitrogens is 1. The Hall–Kier alpha value is -2.37. The van der Waals surface area contributed by atoms with Crippen molar-refractivity contribution in [3.05, 3.63) is 42.7 Å². The number of ether oxygens (including phenoxy) is 1. The molecule has 6 heteroatoms. The summed E-state index contributed by atoms with van der Waals surface area (Å²) in [6.45, 7) is 4.07. The van der Waals surface area contributed by atoms with Gasteiger partial charge in [-0.25, -0.2) is 4.79 Å². The van der Waals surface area contributed by atoms with Gasteiger partial charge in [-0.2, -0.15) is 0 Å². The number of carboxylic acid groups (broad SMARTS) is 1. The van der Waals surface area contributed by atoms with Gasteiger partial charge in [-0.05, 0) is 17.7 Å². The first-order valence-corrected chi connectivity index (χ1v) is 6.28. The molecule has 0 radical (unpaired) electrons. The van der Waals surface area contributed by atoms with Crippen molar-refractivity contribution in [1.82, 2.24) is 9.88 Å². The molecule has 106 valence electrons. The Morgan fingerprint density at radius 2 is 2.15 bits per heavy atom. The number of amides is 1. The van der Waals surface area contributed by atoms with Gasteiger partial charge in [-0.1, -0.05) is 12.7 Å². The molecule has 1 N–H and O–H groups in total. The summed E-state index contributed by atoms with van der Waals surface area (Å²) >= 11 is 0. The fraction of sp³-hybridized carbons (Fsp3) is 0.357. The second-order valence-corrected chi connectivity index (χ2v) is 4.60. The first-order valence-electron chi connectivity index (χ1n) is 6.28. The van der Waals surface area contributed by atoms with Crippen LogP contribution >= 0.6 is 0 Å². The lowest BCUT2D eigenvalue weighted by molar-refractivity contribution is -0.141. The third-order valence-corrected chi connectivity index (χ3v) is 3.35. The average molecular weight is 276 g/mol. The second-order valence-electron chi connectivity index (χ2n) is 4.60. The summed E-state index contributed by atoms with van der Waals surface area (Å²) in [4.78, 5) is 28.5. The Balaban J connectivity index is 2.13. The van der Waals surface area contributed by atoms with Crippen molar-refractivity contribution in [3.63, 3.8) is 0 Å². The van der Waals surface area contributed by atoms with Gasteiger partial charge in [0, 0.05) is 31.4 Å². The van der Waals surface area contributed by atoms with Crippen LogP contribution < -0.4 is 0 Å². The predicted octanol–water partition coefficient (Wildman–Crippen LogP) is 1.50. The third-order valence-electron chi connectivity index (χ3n) is 3.35. The summed E-state index contributed by atoms with van der Waals surface area (Å²) < 4.78 is 4.95. The lowest BCUT2D eigenvalue weighted by Crippen LogP contribution is -2.30. The molecule has 1 aliphatic heterocycles. The predicted molar refractivity (Wildman–Crippen MR) is 71.2 cm³/mol. The fourth-order valence-corrected chi connectivity index (χ4v) is 2.37. The lowest BCUT2D eigenvalue weighted by Gasteiger charge is -2.15. The summed E-state index contributed by atoms with van der Waals surface area (Å²) in [6, 6.07) is 3.55. The molecule has 0 spiro atoms. The number of carbonyl (C=O) groups is 2. The number of carbonyl (C=O) groups excluding carboxylic acids is 1. The van der Waals surface area contributed by atoms with E-state index >= 15 is 0 Å². The van der Waals surface area contributed by atoms with Gasteiger partial charge in [0.25, 0.3) is 0 Å². The number of pyridine rings is 1. The van der Waals surface area contributed by atoms with Crippen molar-refractivity contribution >= 4 is 12.1 Å². The normalized spacial score (nSPS) is 21.5. The molecule has 1 saturated heterocycles. The van der Waals surface area contributed by atoms with E-state index in [4.69, 9.17) is 4.74 Å². The second kappa shape index (κ2) is 6.18. The minimum Gasteiger partial charge on any atom is -0.481 e. The van der Waals surface area contributed by atoms with Crippen LogP contribution in [0.3, 0.4) is 0 Å². The smallest absolute Gasteiger partial charge is 0.410 e. The maximum absolute atomic E-state index is 11.8. The Kier molecular flexibility index (Phi) is 4.34. The Bertz CT molecular complexity index is 503. The summed E-state index contributed by atoms with van der Waals surface area (Å²) in [5.41, 5.74) is 0.867. The highest BCUT2D eigenvalue weighted by molar-refractivity contribution is 5.75. The molecule has 0 saturated carbocycles. The Morgan fingerprint density at radius 1 is 1.45 bits per heavy atom. The number of hydrogen-bond donors (Lipinski definition) is 1. The molecule has 0 aromatic carbocycles. The topological polar surface area (TPSA) is 79.7 Å². The maximum Gasteiger partial charge on any atom is 0.410 e. The lowest BCUT2D eigenvalue weighted by atomic mass is 9.90. The quantitative estimate of drug-likeness (QED) is 0.843. The zero-order valence-electron chi connectivity index (χ0n) is 10.9. The van der Waals surface area contributed by atoms with Crippen molar-refractivity contribution in [2.24, 2.45) is 5.92 Å². The number of aliphatic carboxylic acids is 1. The number of rotatable bonds is 4. The number of nitrogens with zero attached hydrogens (tertiary/aromatic N) is 2. The molecule has 6 nitrogen and oxygen atoms in total. The van der Waals surface area contributed by atoms with Gasteiger partial charge in [0.1, 0.15) is 6.61 Å². The largest absolute Gasteiger partial charge is 0.481 e. The maximum atomic E-state index is 11.8. The van der Waals surface area contributed by atoms with Crippen molar-refractivity contribution in [1.29, 1.82) is 0 Å². The van der Waals surface area contributed by atoms with E-state index in [0.717, 1.165) is 5.56 Å². The van der Waals surface area contributed by atoms with Crippen molar-refractivity contribution < 1.29 is 19.4 Å². The zero-order chi connectivity index (χ0) is 14.5. The van der Waals surface area contributed by atoms with Gasteiger partial charge in [0.15, 0.2) is 0 Å². The minimum absolute atomic E-state index is 0.118. The molecular formula is C14H16N2O4. The van der Waals surface area contributed by atoms with E-state index in [1.54, 1.807) is 24.5 Å². The van der Waals surface area contributed by atoms with Crippen LogP contribution in [0.15, 0.2) is 37.2 Å². The van der Waals surface area contributed by atoms with Gasteiger partial charge in [0.05, 0.1) is 5.92 Å². The molecule has 0 bridgehead atoms. The average Bonchev–Trinajstić information content (AvgIpc) is 2.91. The highest BCUT2D eigenvalue weighted by atomic mass is 16.6. The zero-order valence-corrected chi connectivity index (χ0v) is 10.9. The molecule has 1 aromatic rings. The van der Waals surface area contributed by atoms with E-state index in [0.29, 0.717) is 6.54 Å². The standard InChI is InChI=1S/C14H16N2O4/c1-2-7-20-14(19)16-8-11(12(9-16)13(17)18)10-3-5-15-6-4-10/h2-6,11-12H,1,7-9H2,(H,17,18)/t11-,12+/m0/s1.